The van der Waals surface area contributed by atoms with Crippen LogP contribution >= 0.6 is 11.3 Å². The smallest absolute Gasteiger partial charge is 0.104 e. The molecule has 0 bridgehead atoms. The molecule has 0 aliphatic carbocycles. The van der Waals surface area contributed by atoms with E-state index < -0.39 is 0 Å². The molecule has 4 aromatic rings. The Morgan fingerprint density at radius 1 is 1.07 bits per heavy atom. The molecule has 5 nitrogen and oxygen atoms in total. The molecule has 28 heavy (non-hydrogen) atoms. The number of nitriles is 2. The topological polar surface area (TPSA) is 85.6 Å². The van der Waals surface area contributed by atoms with Crippen LogP contribution < -0.4 is 5.32 Å². The van der Waals surface area contributed by atoms with Gasteiger partial charge in [0.05, 0.1) is 40.3 Å². The molecule has 6 heteroatoms. The van der Waals surface area contributed by atoms with Crippen molar-refractivity contribution in [2.45, 2.75) is 6.54 Å². The number of thiophene rings is 1. The molecule has 3 heterocycles. The van der Waals surface area contributed by atoms with Crippen LogP contribution in [0.4, 0.5) is 5.69 Å². The first-order chi connectivity index (χ1) is 13.8. The molecule has 3 aromatic heterocycles. The van der Waals surface area contributed by atoms with Gasteiger partial charge in [0, 0.05) is 23.9 Å². The number of rotatable bonds is 5. The Kier molecular flexibility index (Phi) is 4.88. The number of anilines is 1. The van der Waals surface area contributed by atoms with Gasteiger partial charge in [0.25, 0.3) is 0 Å². The second-order valence-corrected chi connectivity index (χ2v) is 6.98. The summed E-state index contributed by atoms with van der Waals surface area (Å²) >= 11 is 1.59. The first kappa shape index (κ1) is 17.5. The number of hydrogen-bond acceptors (Lipinski definition) is 6. The molecule has 134 valence electrons. The summed E-state index contributed by atoms with van der Waals surface area (Å²) in [4.78, 5) is 5.56. The summed E-state index contributed by atoms with van der Waals surface area (Å²) in [5.74, 6) is 0. The van der Waals surface area contributed by atoms with Crippen molar-refractivity contribution >= 4 is 17.0 Å². The van der Waals surface area contributed by atoms with Crippen molar-refractivity contribution in [3.05, 3.63) is 83.3 Å². The Morgan fingerprint density at radius 2 is 1.93 bits per heavy atom. The Bertz CT molecular complexity index is 1170. The third-order valence-electron chi connectivity index (χ3n) is 4.32. The van der Waals surface area contributed by atoms with Crippen LogP contribution in [-0.2, 0) is 6.54 Å². The molecule has 0 amide bonds. The van der Waals surface area contributed by atoms with E-state index in [9.17, 15) is 5.26 Å². The fraction of sp³-hybridized carbons (Fsp3) is 0.0455. The number of benzene rings is 1. The minimum Gasteiger partial charge on any atom is -0.472 e. The number of nitrogens with one attached hydrogen (secondary N) is 1. The molecule has 0 aliphatic heterocycles. The highest BCUT2D eigenvalue weighted by Crippen LogP contribution is 2.39. The molecule has 4 rings (SSSR count). The first-order valence-corrected chi connectivity index (χ1v) is 9.40. The minimum atomic E-state index is 0.476. The molecular weight excluding hydrogens is 368 g/mol. The van der Waals surface area contributed by atoms with E-state index in [2.05, 4.69) is 22.4 Å². The molecule has 0 saturated heterocycles. The molecule has 0 spiro atoms. The van der Waals surface area contributed by atoms with Crippen molar-refractivity contribution in [2.24, 2.45) is 0 Å². The van der Waals surface area contributed by atoms with Gasteiger partial charge in [0.15, 0.2) is 0 Å². The summed E-state index contributed by atoms with van der Waals surface area (Å²) in [7, 11) is 0. The zero-order valence-corrected chi connectivity index (χ0v) is 15.5. The zero-order chi connectivity index (χ0) is 19.3. The second-order valence-electron chi connectivity index (χ2n) is 6.03. The summed E-state index contributed by atoms with van der Waals surface area (Å²) in [5.41, 5.74) is 5.28. The van der Waals surface area contributed by atoms with Crippen molar-refractivity contribution in [3.63, 3.8) is 0 Å². The van der Waals surface area contributed by atoms with Crippen LogP contribution in [0, 0.1) is 22.7 Å². The van der Waals surface area contributed by atoms with E-state index in [0.717, 1.165) is 32.9 Å². The van der Waals surface area contributed by atoms with Crippen LogP contribution in [0.25, 0.3) is 21.7 Å². The van der Waals surface area contributed by atoms with Crippen molar-refractivity contribution in [2.75, 3.05) is 5.32 Å². The lowest BCUT2D eigenvalue weighted by atomic mass is 10.00. The summed E-state index contributed by atoms with van der Waals surface area (Å²) in [6.45, 7) is 0.533. The minimum absolute atomic E-state index is 0.476. The third kappa shape index (κ3) is 3.37. The quantitative estimate of drug-likeness (QED) is 0.498. The van der Waals surface area contributed by atoms with Gasteiger partial charge in [0.2, 0.25) is 0 Å². The van der Waals surface area contributed by atoms with Crippen molar-refractivity contribution < 1.29 is 4.42 Å². The highest BCUT2D eigenvalue weighted by atomic mass is 32.1. The molecule has 0 fully saturated rings. The van der Waals surface area contributed by atoms with Gasteiger partial charge in [-0.3, -0.25) is 4.98 Å². The van der Waals surface area contributed by atoms with Gasteiger partial charge in [-0.2, -0.15) is 10.5 Å². The molecular formula is C22H14N4OS. The molecule has 0 radical (unpaired) electrons. The maximum absolute atomic E-state index is 9.63. The monoisotopic (exact) mass is 382 g/mol. The van der Waals surface area contributed by atoms with Gasteiger partial charge in [-0.25, -0.2) is 0 Å². The predicted octanol–water partition coefficient (Wildman–Crippen LogP) is 5.43. The van der Waals surface area contributed by atoms with E-state index in [1.165, 1.54) is 0 Å². The van der Waals surface area contributed by atoms with Crippen LogP contribution in [0.2, 0.25) is 0 Å². The zero-order valence-electron chi connectivity index (χ0n) is 14.7. The number of furan rings is 1. The molecule has 1 N–H and O–H groups in total. The summed E-state index contributed by atoms with van der Waals surface area (Å²) in [6, 6.07) is 17.6. The maximum Gasteiger partial charge on any atom is 0.104 e. The van der Waals surface area contributed by atoms with E-state index in [1.54, 1.807) is 42.2 Å². The van der Waals surface area contributed by atoms with Crippen LogP contribution in [0.5, 0.6) is 0 Å². The van der Waals surface area contributed by atoms with Crippen molar-refractivity contribution in [3.8, 4) is 33.8 Å². The van der Waals surface area contributed by atoms with E-state index in [0.29, 0.717) is 17.7 Å². The van der Waals surface area contributed by atoms with Crippen molar-refractivity contribution in [1.29, 1.82) is 10.5 Å². The number of nitrogens with zero attached hydrogens (tertiary/aromatic N) is 3. The lowest BCUT2D eigenvalue weighted by Crippen LogP contribution is -2.05. The van der Waals surface area contributed by atoms with Crippen LogP contribution in [-0.4, -0.2) is 4.98 Å². The second kappa shape index (κ2) is 7.79. The van der Waals surface area contributed by atoms with E-state index in [-0.39, 0.29) is 0 Å². The maximum atomic E-state index is 9.63. The van der Waals surface area contributed by atoms with Crippen LogP contribution in [0.3, 0.4) is 0 Å². The molecule has 0 atom stereocenters. The van der Waals surface area contributed by atoms with E-state index >= 15 is 0 Å². The average molecular weight is 382 g/mol. The Hall–Kier alpha value is -3.87. The molecule has 0 aliphatic rings. The summed E-state index contributed by atoms with van der Waals surface area (Å²) < 4.78 is 5.26. The lowest BCUT2D eigenvalue weighted by Gasteiger charge is -2.16. The Labute approximate surface area is 166 Å². The van der Waals surface area contributed by atoms with Crippen LogP contribution in [0.1, 0.15) is 16.7 Å². The normalized spacial score (nSPS) is 10.2. The lowest BCUT2D eigenvalue weighted by molar-refractivity contribution is 0.568. The summed E-state index contributed by atoms with van der Waals surface area (Å²) in [5, 5.41) is 24.0. The van der Waals surface area contributed by atoms with E-state index in [4.69, 9.17) is 9.68 Å². The fourth-order valence-corrected chi connectivity index (χ4v) is 3.69. The largest absolute Gasteiger partial charge is 0.472 e. The number of aromatic nitrogens is 1. The Balaban J connectivity index is 1.80. The average Bonchev–Trinajstić information content (AvgIpc) is 3.46. The van der Waals surface area contributed by atoms with E-state index in [1.807, 2.05) is 35.7 Å². The third-order valence-corrected chi connectivity index (χ3v) is 5.19. The number of hydrogen-bond donors (Lipinski definition) is 1. The summed E-state index contributed by atoms with van der Waals surface area (Å²) in [6.07, 6.45) is 4.82. The Morgan fingerprint density at radius 3 is 2.57 bits per heavy atom. The molecule has 0 saturated carbocycles. The highest BCUT2D eigenvalue weighted by molar-refractivity contribution is 7.13. The van der Waals surface area contributed by atoms with Crippen molar-refractivity contribution in [1.82, 2.24) is 4.98 Å². The van der Waals surface area contributed by atoms with Gasteiger partial charge < -0.3 is 9.73 Å². The SMILES string of the molecule is N#Cc1ccc(CNc2c(-c3cccs3)ncc(C#N)c2-c2ccoc2)cc1. The first-order valence-electron chi connectivity index (χ1n) is 8.52. The number of pyridine rings is 1. The van der Waals surface area contributed by atoms with Crippen LogP contribution in [0.15, 0.2) is 71.0 Å². The fourth-order valence-electron chi connectivity index (χ4n) is 2.96. The van der Waals surface area contributed by atoms with Gasteiger partial charge in [0.1, 0.15) is 11.8 Å². The molecule has 0 unspecified atom stereocenters. The predicted molar refractivity (Wildman–Crippen MR) is 108 cm³/mol. The van der Waals surface area contributed by atoms with Gasteiger partial charge >= 0.3 is 0 Å². The van der Waals surface area contributed by atoms with Gasteiger partial charge in [-0.05, 0) is 35.2 Å². The molecule has 1 aromatic carbocycles. The standard InChI is InChI=1S/C22H14N4OS/c23-10-15-3-5-16(6-4-15)12-25-22-20(17-7-8-27-14-17)18(11-24)13-26-21(22)19-2-1-9-28-19/h1-9,13-14,25H,12H2. The van der Waals surface area contributed by atoms with Gasteiger partial charge in [-0.1, -0.05) is 18.2 Å². The van der Waals surface area contributed by atoms with Gasteiger partial charge in [-0.15, -0.1) is 11.3 Å². The highest BCUT2D eigenvalue weighted by Gasteiger charge is 2.19.